The van der Waals surface area contributed by atoms with E-state index in [1.54, 1.807) is 6.92 Å². The average molecular weight is 159 g/mol. The first-order chi connectivity index (χ1) is 4.83. The number of halogens is 1. The van der Waals surface area contributed by atoms with Crippen molar-refractivity contribution in [3.8, 4) is 0 Å². The molecule has 1 N–H and O–H groups in total. The van der Waals surface area contributed by atoms with E-state index in [0.717, 1.165) is 0 Å². The first-order valence-corrected chi connectivity index (χ1v) is 3.87. The summed E-state index contributed by atoms with van der Waals surface area (Å²) in [5.74, 6) is 0. The van der Waals surface area contributed by atoms with Crippen LogP contribution >= 0.6 is 0 Å². The SMILES string of the molecule is C=C(C)C(F)CNC(C)(C)C. The summed E-state index contributed by atoms with van der Waals surface area (Å²) in [6.45, 7) is 11.6. The second-order valence-corrected chi connectivity index (χ2v) is 3.94. The van der Waals surface area contributed by atoms with E-state index >= 15 is 0 Å². The third kappa shape index (κ3) is 6.05. The molecule has 0 radical (unpaired) electrons. The maximum atomic E-state index is 12.9. The van der Waals surface area contributed by atoms with Gasteiger partial charge in [0.2, 0.25) is 0 Å². The molecule has 0 amide bonds. The van der Waals surface area contributed by atoms with Crippen LogP contribution in [-0.2, 0) is 0 Å². The van der Waals surface area contributed by atoms with Gasteiger partial charge in [-0.05, 0) is 33.3 Å². The van der Waals surface area contributed by atoms with Crippen LogP contribution in [-0.4, -0.2) is 18.3 Å². The summed E-state index contributed by atoms with van der Waals surface area (Å²) >= 11 is 0. The quantitative estimate of drug-likeness (QED) is 0.623. The van der Waals surface area contributed by atoms with E-state index in [4.69, 9.17) is 0 Å². The molecule has 2 heteroatoms. The Morgan fingerprint density at radius 1 is 1.55 bits per heavy atom. The Morgan fingerprint density at radius 2 is 2.00 bits per heavy atom. The van der Waals surface area contributed by atoms with Gasteiger partial charge in [0.15, 0.2) is 0 Å². The first kappa shape index (κ1) is 10.6. The third-order valence-corrected chi connectivity index (χ3v) is 1.35. The van der Waals surface area contributed by atoms with E-state index in [-0.39, 0.29) is 5.54 Å². The molecule has 66 valence electrons. The molecule has 0 aromatic rings. The Labute approximate surface area is 68.7 Å². The fraction of sp³-hybridized carbons (Fsp3) is 0.778. The zero-order chi connectivity index (χ0) is 9.07. The maximum absolute atomic E-state index is 12.9. The van der Waals surface area contributed by atoms with Crippen LogP contribution in [0.4, 0.5) is 4.39 Å². The van der Waals surface area contributed by atoms with Crippen molar-refractivity contribution >= 4 is 0 Å². The topological polar surface area (TPSA) is 12.0 Å². The molecule has 0 saturated carbocycles. The van der Waals surface area contributed by atoms with Crippen LogP contribution in [0, 0.1) is 0 Å². The van der Waals surface area contributed by atoms with Crippen molar-refractivity contribution < 1.29 is 4.39 Å². The van der Waals surface area contributed by atoms with Crippen molar-refractivity contribution in [3.05, 3.63) is 12.2 Å². The minimum absolute atomic E-state index is 0.0141. The van der Waals surface area contributed by atoms with Crippen LogP contribution in [0.3, 0.4) is 0 Å². The summed E-state index contributed by atoms with van der Waals surface area (Å²) < 4.78 is 12.9. The van der Waals surface area contributed by atoms with Crippen molar-refractivity contribution in [2.24, 2.45) is 0 Å². The second kappa shape index (κ2) is 3.86. The van der Waals surface area contributed by atoms with Gasteiger partial charge in [0.25, 0.3) is 0 Å². The van der Waals surface area contributed by atoms with Crippen LogP contribution in [0.1, 0.15) is 27.7 Å². The van der Waals surface area contributed by atoms with Crippen LogP contribution in [0.2, 0.25) is 0 Å². The van der Waals surface area contributed by atoms with E-state index in [1.165, 1.54) is 0 Å². The molecule has 0 aliphatic carbocycles. The lowest BCUT2D eigenvalue weighted by molar-refractivity contribution is 0.319. The van der Waals surface area contributed by atoms with E-state index in [0.29, 0.717) is 12.1 Å². The molecule has 0 fully saturated rings. The number of rotatable bonds is 3. The molecule has 0 aliphatic rings. The van der Waals surface area contributed by atoms with E-state index in [2.05, 4.69) is 11.9 Å². The summed E-state index contributed by atoms with van der Waals surface area (Å²) in [5.41, 5.74) is 0.571. The van der Waals surface area contributed by atoms with Crippen LogP contribution in [0.25, 0.3) is 0 Å². The molecule has 0 spiro atoms. The molecular weight excluding hydrogens is 141 g/mol. The van der Waals surface area contributed by atoms with Crippen LogP contribution in [0.5, 0.6) is 0 Å². The molecule has 11 heavy (non-hydrogen) atoms. The smallest absolute Gasteiger partial charge is 0.133 e. The Hall–Kier alpha value is -0.370. The fourth-order valence-corrected chi connectivity index (χ4v) is 0.570. The highest BCUT2D eigenvalue weighted by Gasteiger charge is 2.12. The van der Waals surface area contributed by atoms with Gasteiger partial charge in [0.1, 0.15) is 6.17 Å². The Kier molecular flexibility index (Phi) is 3.73. The van der Waals surface area contributed by atoms with E-state index < -0.39 is 6.17 Å². The minimum Gasteiger partial charge on any atom is -0.309 e. The van der Waals surface area contributed by atoms with Gasteiger partial charge in [-0.25, -0.2) is 4.39 Å². The lowest BCUT2D eigenvalue weighted by Crippen LogP contribution is -2.39. The van der Waals surface area contributed by atoms with Gasteiger partial charge >= 0.3 is 0 Å². The highest BCUT2D eigenvalue weighted by Crippen LogP contribution is 2.04. The number of hydrogen-bond acceptors (Lipinski definition) is 1. The Balaban J connectivity index is 3.63. The van der Waals surface area contributed by atoms with Crippen LogP contribution < -0.4 is 5.32 Å². The highest BCUT2D eigenvalue weighted by molar-refractivity contribution is 4.98. The van der Waals surface area contributed by atoms with Gasteiger partial charge in [-0.2, -0.15) is 0 Å². The van der Waals surface area contributed by atoms with Gasteiger partial charge in [-0.1, -0.05) is 6.58 Å². The summed E-state index contributed by atoms with van der Waals surface area (Å²) in [7, 11) is 0. The zero-order valence-electron chi connectivity index (χ0n) is 7.87. The fourth-order valence-electron chi connectivity index (χ4n) is 0.570. The highest BCUT2D eigenvalue weighted by atomic mass is 19.1. The summed E-state index contributed by atoms with van der Waals surface area (Å²) in [6.07, 6.45) is -0.922. The number of hydrogen-bond donors (Lipinski definition) is 1. The van der Waals surface area contributed by atoms with Gasteiger partial charge in [0.05, 0.1) is 0 Å². The molecule has 1 unspecified atom stereocenters. The van der Waals surface area contributed by atoms with E-state index in [9.17, 15) is 4.39 Å². The summed E-state index contributed by atoms with van der Waals surface area (Å²) in [4.78, 5) is 0. The Bertz CT molecular complexity index is 135. The molecule has 0 rings (SSSR count). The number of nitrogens with one attached hydrogen (secondary N) is 1. The van der Waals surface area contributed by atoms with Gasteiger partial charge in [-0.3, -0.25) is 0 Å². The molecule has 0 aromatic heterocycles. The lowest BCUT2D eigenvalue weighted by atomic mass is 10.1. The standard InChI is InChI=1S/C9H18FN/c1-7(2)8(10)6-11-9(3,4)5/h8,11H,1,6H2,2-5H3. The molecule has 0 bridgehead atoms. The molecule has 0 heterocycles. The van der Waals surface area contributed by atoms with Crippen molar-refractivity contribution in [2.45, 2.75) is 39.4 Å². The maximum Gasteiger partial charge on any atom is 0.133 e. The summed E-state index contributed by atoms with van der Waals surface area (Å²) in [6, 6.07) is 0. The average Bonchev–Trinajstić information content (AvgIpc) is 1.80. The first-order valence-electron chi connectivity index (χ1n) is 3.87. The zero-order valence-corrected chi connectivity index (χ0v) is 7.87. The summed E-state index contributed by atoms with van der Waals surface area (Å²) in [5, 5.41) is 3.07. The van der Waals surface area contributed by atoms with E-state index in [1.807, 2.05) is 20.8 Å². The van der Waals surface area contributed by atoms with Gasteiger partial charge < -0.3 is 5.32 Å². The third-order valence-electron chi connectivity index (χ3n) is 1.35. The predicted molar refractivity (Wildman–Crippen MR) is 47.5 cm³/mol. The predicted octanol–water partition coefficient (Wildman–Crippen LogP) is 2.29. The molecule has 1 atom stereocenters. The molecular formula is C9H18FN. The molecule has 1 nitrogen and oxygen atoms in total. The monoisotopic (exact) mass is 159 g/mol. The minimum atomic E-state index is -0.922. The Morgan fingerprint density at radius 3 is 2.27 bits per heavy atom. The second-order valence-electron chi connectivity index (χ2n) is 3.94. The molecule has 0 aromatic carbocycles. The number of alkyl halides is 1. The molecule has 0 aliphatic heterocycles. The lowest BCUT2D eigenvalue weighted by Gasteiger charge is -2.21. The van der Waals surface area contributed by atoms with Crippen LogP contribution in [0.15, 0.2) is 12.2 Å². The van der Waals surface area contributed by atoms with Crippen molar-refractivity contribution in [3.63, 3.8) is 0 Å². The van der Waals surface area contributed by atoms with Gasteiger partial charge in [0, 0.05) is 12.1 Å². The van der Waals surface area contributed by atoms with Crippen molar-refractivity contribution in [1.82, 2.24) is 5.32 Å². The largest absolute Gasteiger partial charge is 0.309 e. The van der Waals surface area contributed by atoms with Crippen molar-refractivity contribution in [1.29, 1.82) is 0 Å². The van der Waals surface area contributed by atoms with Crippen molar-refractivity contribution in [2.75, 3.05) is 6.54 Å². The molecule has 0 saturated heterocycles. The normalized spacial score (nSPS) is 14.6. The van der Waals surface area contributed by atoms with Gasteiger partial charge in [-0.15, -0.1) is 0 Å².